The van der Waals surface area contributed by atoms with Gasteiger partial charge < -0.3 is 20.7 Å². The maximum atomic E-state index is 13.4. The van der Waals surface area contributed by atoms with Crippen LogP contribution in [0.3, 0.4) is 0 Å². The quantitative estimate of drug-likeness (QED) is 0.124. The third kappa shape index (κ3) is 4.66. The molecule has 0 unspecified atom stereocenters. The summed E-state index contributed by atoms with van der Waals surface area (Å²) in [5.74, 6) is -2.62. The topological polar surface area (TPSA) is 170 Å². The molecule has 37 heavy (non-hydrogen) atoms. The number of ether oxygens (including phenoxy) is 1. The molecule has 1 aliphatic rings. The van der Waals surface area contributed by atoms with Crippen LogP contribution in [0.5, 0.6) is 5.75 Å². The number of nitrogens with two attached hydrogens (primary N) is 1. The molecule has 0 aliphatic heterocycles. The van der Waals surface area contributed by atoms with Gasteiger partial charge in [0.1, 0.15) is 11.3 Å². The molecule has 3 aromatic carbocycles. The van der Waals surface area contributed by atoms with E-state index in [9.17, 15) is 29.6 Å². The number of unbranched alkanes of at least 4 members (excludes halogenated alkanes) is 3. The van der Waals surface area contributed by atoms with Crippen molar-refractivity contribution < 1.29 is 34.3 Å². The van der Waals surface area contributed by atoms with E-state index in [1.807, 2.05) is 0 Å². The fourth-order valence-electron chi connectivity index (χ4n) is 4.52. The van der Waals surface area contributed by atoms with Crippen molar-refractivity contribution in [1.29, 1.82) is 0 Å². The highest BCUT2D eigenvalue weighted by Gasteiger charge is 2.42. The first-order valence-electron chi connectivity index (χ1n) is 11.7. The molecular weight excluding hydrogens is 480 g/mol. The van der Waals surface area contributed by atoms with Crippen molar-refractivity contribution >= 4 is 28.9 Å². The van der Waals surface area contributed by atoms with E-state index in [1.54, 1.807) is 0 Å². The van der Waals surface area contributed by atoms with E-state index in [4.69, 9.17) is 15.6 Å². The summed E-state index contributed by atoms with van der Waals surface area (Å²) in [5.41, 5.74) is 3.01. The van der Waals surface area contributed by atoms with E-state index >= 15 is 0 Å². The number of aliphatic hydroxyl groups excluding tert-OH is 1. The van der Waals surface area contributed by atoms with E-state index in [0.29, 0.717) is 12.4 Å². The van der Waals surface area contributed by atoms with Crippen molar-refractivity contribution in [2.75, 3.05) is 18.9 Å². The lowest BCUT2D eigenvalue weighted by atomic mass is 9.78. The molecule has 0 radical (unpaired) electrons. The smallest absolute Gasteiger partial charge is 0.338 e. The number of nitro benzene ring substituents is 1. The van der Waals surface area contributed by atoms with Crippen molar-refractivity contribution in [3.8, 4) is 16.9 Å². The molecule has 4 N–H and O–H groups in total. The minimum Gasteiger partial charge on any atom is -0.494 e. The minimum atomic E-state index is -1.57. The normalized spacial score (nSPS) is 12.1. The van der Waals surface area contributed by atoms with Crippen LogP contribution in [-0.2, 0) is 0 Å². The lowest BCUT2D eigenvalue weighted by Crippen LogP contribution is -2.26. The number of hydrogen-bond acceptors (Lipinski definition) is 8. The van der Waals surface area contributed by atoms with E-state index in [2.05, 4.69) is 0 Å². The van der Waals surface area contributed by atoms with Crippen molar-refractivity contribution in [3.63, 3.8) is 0 Å². The molecule has 0 heterocycles. The van der Waals surface area contributed by atoms with Crippen molar-refractivity contribution in [2.45, 2.75) is 25.7 Å². The Morgan fingerprint density at radius 3 is 2.05 bits per heavy atom. The average molecular weight is 504 g/mol. The molecule has 0 aromatic heterocycles. The van der Waals surface area contributed by atoms with Gasteiger partial charge in [-0.2, -0.15) is 0 Å². The summed E-state index contributed by atoms with van der Waals surface area (Å²) in [5, 5.41) is 31.1. The van der Waals surface area contributed by atoms with E-state index in [1.165, 1.54) is 48.5 Å². The summed E-state index contributed by atoms with van der Waals surface area (Å²) in [6, 6.07) is 11.8. The number of hydrogen-bond donors (Lipinski definition) is 3. The first-order chi connectivity index (χ1) is 17.8. The van der Waals surface area contributed by atoms with Gasteiger partial charge >= 0.3 is 5.97 Å². The first-order valence-corrected chi connectivity index (χ1v) is 11.7. The second kappa shape index (κ2) is 10.6. The summed E-state index contributed by atoms with van der Waals surface area (Å²) >= 11 is 0. The molecule has 1 aliphatic carbocycles. The number of ketones is 2. The third-order valence-corrected chi connectivity index (χ3v) is 6.24. The predicted molar refractivity (Wildman–Crippen MR) is 134 cm³/mol. The number of carboxylic acids is 1. The highest BCUT2D eigenvalue weighted by Crippen LogP contribution is 2.46. The molecule has 10 heteroatoms. The zero-order chi connectivity index (χ0) is 26.7. The Hall–Kier alpha value is -4.57. The van der Waals surface area contributed by atoms with Crippen LogP contribution in [0.15, 0.2) is 48.5 Å². The van der Waals surface area contributed by atoms with Crippen LogP contribution in [0.25, 0.3) is 11.1 Å². The molecule has 0 saturated carbocycles. The van der Waals surface area contributed by atoms with Gasteiger partial charge in [-0.25, -0.2) is 4.79 Å². The highest BCUT2D eigenvalue weighted by atomic mass is 16.6. The van der Waals surface area contributed by atoms with Crippen LogP contribution in [0.4, 0.5) is 11.4 Å². The zero-order valence-corrected chi connectivity index (χ0v) is 19.7. The summed E-state index contributed by atoms with van der Waals surface area (Å²) in [6.45, 7) is 0.569. The predicted octanol–water partition coefficient (Wildman–Crippen LogP) is 4.25. The molecule has 0 fully saturated rings. The van der Waals surface area contributed by atoms with Gasteiger partial charge in [-0.15, -0.1) is 0 Å². The Labute approximate surface area is 211 Å². The Bertz CT molecular complexity index is 1410. The lowest BCUT2D eigenvalue weighted by Gasteiger charge is -2.22. The number of fused-ring (bicyclic) bond motifs is 2. The van der Waals surface area contributed by atoms with Gasteiger partial charge in [0.25, 0.3) is 5.69 Å². The Morgan fingerprint density at radius 1 is 0.892 bits per heavy atom. The van der Waals surface area contributed by atoms with Crippen LogP contribution in [0.2, 0.25) is 0 Å². The van der Waals surface area contributed by atoms with Gasteiger partial charge in [0.05, 0.1) is 33.9 Å². The van der Waals surface area contributed by atoms with Gasteiger partial charge in [0.15, 0.2) is 5.78 Å². The largest absolute Gasteiger partial charge is 0.494 e. The fourth-order valence-corrected chi connectivity index (χ4v) is 4.52. The van der Waals surface area contributed by atoms with Crippen molar-refractivity contribution in [3.05, 3.63) is 86.5 Å². The Kier molecular flexibility index (Phi) is 7.30. The standard InChI is InChI=1S/C27H24N2O8/c28-23-20-22(26(32)18-8-4-3-7-17(18)25(20)31)24(29(35)36)19(21(23)27(33)34)15-9-11-16(12-10-15)37-14-6-2-1-5-13-30/h3-4,7-12,30H,1-2,5-6,13-14,28H2,(H,33,34). The second-order valence-electron chi connectivity index (χ2n) is 8.54. The van der Waals surface area contributed by atoms with Gasteiger partial charge in [0, 0.05) is 17.7 Å². The molecule has 4 rings (SSSR count). The van der Waals surface area contributed by atoms with Gasteiger partial charge in [-0.05, 0) is 37.0 Å². The number of carbonyl (C=O) groups is 3. The van der Waals surface area contributed by atoms with Gasteiger partial charge in [0.2, 0.25) is 5.78 Å². The van der Waals surface area contributed by atoms with Crippen LogP contribution in [-0.4, -0.2) is 45.9 Å². The fraction of sp³-hybridized carbons (Fsp3) is 0.222. The van der Waals surface area contributed by atoms with E-state index < -0.39 is 50.5 Å². The Morgan fingerprint density at radius 2 is 1.49 bits per heavy atom. The first kappa shape index (κ1) is 25.5. The molecule has 3 aromatic rings. The number of anilines is 1. The van der Waals surface area contributed by atoms with E-state index in [-0.39, 0.29) is 28.9 Å². The number of nitro groups is 1. The molecule has 0 spiro atoms. The average Bonchev–Trinajstić information content (AvgIpc) is 2.88. The highest BCUT2D eigenvalue weighted by molar-refractivity contribution is 6.33. The SMILES string of the molecule is Nc1c2c(c([N+](=O)[O-])c(-c3ccc(OCCCCCCO)cc3)c1C(=O)O)C(=O)c1ccccc1C2=O. The minimum absolute atomic E-state index is 0.00273. The monoisotopic (exact) mass is 504 g/mol. The van der Waals surface area contributed by atoms with E-state index in [0.717, 1.165) is 25.7 Å². The summed E-state index contributed by atoms with van der Waals surface area (Å²) in [7, 11) is 0. The van der Waals surface area contributed by atoms with Crippen LogP contribution >= 0.6 is 0 Å². The number of rotatable bonds is 10. The molecular formula is C27H24N2O8. The number of nitrogens with zero attached hydrogens (tertiary/aromatic N) is 1. The molecule has 0 atom stereocenters. The molecule has 0 amide bonds. The maximum absolute atomic E-state index is 13.4. The third-order valence-electron chi connectivity index (χ3n) is 6.24. The molecule has 10 nitrogen and oxygen atoms in total. The van der Waals surface area contributed by atoms with Crippen LogP contribution < -0.4 is 10.5 Å². The number of aliphatic hydroxyl groups is 1. The van der Waals surface area contributed by atoms with Crippen LogP contribution in [0.1, 0.15) is 67.9 Å². The molecule has 0 bridgehead atoms. The summed E-state index contributed by atoms with van der Waals surface area (Å²) < 4.78 is 5.68. The second-order valence-corrected chi connectivity index (χ2v) is 8.54. The number of carboxylic acid groups (broad SMARTS) is 1. The number of aromatic carboxylic acids is 1. The van der Waals surface area contributed by atoms with Crippen molar-refractivity contribution in [2.24, 2.45) is 0 Å². The molecule has 0 saturated heterocycles. The van der Waals surface area contributed by atoms with Crippen LogP contribution in [0, 0.1) is 10.1 Å². The zero-order valence-electron chi connectivity index (χ0n) is 19.7. The number of benzene rings is 3. The Balaban J connectivity index is 1.81. The summed E-state index contributed by atoms with van der Waals surface area (Å²) in [6.07, 6.45) is 3.27. The lowest BCUT2D eigenvalue weighted by molar-refractivity contribution is -0.384. The maximum Gasteiger partial charge on any atom is 0.338 e. The summed E-state index contributed by atoms with van der Waals surface area (Å²) in [4.78, 5) is 50.3. The van der Waals surface area contributed by atoms with Gasteiger partial charge in [-0.3, -0.25) is 19.7 Å². The van der Waals surface area contributed by atoms with Crippen molar-refractivity contribution in [1.82, 2.24) is 0 Å². The molecule has 190 valence electrons. The number of carbonyl (C=O) groups excluding carboxylic acids is 2. The van der Waals surface area contributed by atoms with Gasteiger partial charge in [-0.1, -0.05) is 42.8 Å². The number of nitrogen functional groups attached to an aromatic ring is 1.